The molecule has 4 nitrogen and oxygen atoms in total. The Balaban J connectivity index is 1.44. The van der Waals surface area contributed by atoms with Crippen molar-refractivity contribution in [2.75, 3.05) is 24.6 Å². The van der Waals surface area contributed by atoms with Gasteiger partial charge in [0.05, 0.1) is 0 Å². The van der Waals surface area contributed by atoms with Crippen molar-refractivity contribution in [1.82, 2.24) is 9.88 Å². The van der Waals surface area contributed by atoms with Gasteiger partial charge in [0.25, 0.3) is 5.91 Å². The lowest BCUT2D eigenvalue weighted by Gasteiger charge is -2.25. The maximum atomic E-state index is 14.7. The predicted molar refractivity (Wildman–Crippen MR) is 117 cm³/mol. The Bertz CT molecular complexity index is 1000. The van der Waals surface area contributed by atoms with Crippen LogP contribution in [0.1, 0.15) is 16.1 Å². The van der Waals surface area contributed by atoms with Crippen LogP contribution in [0.3, 0.4) is 0 Å². The molecule has 1 amide bonds. The number of nitrogens with zero attached hydrogens (tertiary/aromatic N) is 2. The number of ether oxygens (including phenoxy) is 1. The van der Waals surface area contributed by atoms with Gasteiger partial charge in [-0.3, -0.25) is 4.79 Å². The SMILES string of the molecule is O=C(c1csc(-c2ccc(OCc3ccc(Cl)cc3)cc2F)n1)N1CCSCC1. The average Bonchev–Trinajstić information content (AvgIpc) is 3.23. The number of benzene rings is 2. The number of amides is 1. The van der Waals surface area contributed by atoms with E-state index in [1.54, 1.807) is 34.5 Å². The van der Waals surface area contributed by atoms with Gasteiger partial charge in [0.2, 0.25) is 0 Å². The van der Waals surface area contributed by atoms with Crippen LogP contribution in [0.5, 0.6) is 5.75 Å². The third-order valence-electron chi connectivity index (χ3n) is 4.51. The Morgan fingerprint density at radius 3 is 2.66 bits per heavy atom. The zero-order valence-electron chi connectivity index (χ0n) is 15.4. The second-order valence-corrected chi connectivity index (χ2v) is 9.02. The molecule has 8 heteroatoms. The van der Waals surface area contributed by atoms with Gasteiger partial charge >= 0.3 is 0 Å². The number of hydrogen-bond acceptors (Lipinski definition) is 5. The molecule has 1 aliphatic heterocycles. The molecule has 1 aliphatic rings. The van der Waals surface area contributed by atoms with Gasteiger partial charge in [0.1, 0.15) is 28.9 Å². The van der Waals surface area contributed by atoms with E-state index in [1.807, 2.05) is 23.9 Å². The van der Waals surface area contributed by atoms with Crippen molar-refractivity contribution in [1.29, 1.82) is 0 Å². The van der Waals surface area contributed by atoms with Crippen molar-refractivity contribution in [2.24, 2.45) is 0 Å². The van der Waals surface area contributed by atoms with E-state index in [0.29, 0.717) is 33.6 Å². The highest BCUT2D eigenvalue weighted by atomic mass is 35.5. The molecule has 2 aromatic carbocycles. The van der Waals surface area contributed by atoms with Crippen molar-refractivity contribution < 1.29 is 13.9 Å². The van der Waals surface area contributed by atoms with Crippen LogP contribution < -0.4 is 4.74 Å². The molecule has 2 heterocycles. The van der Waals surface area contributed by atoms with Crippen LogP contribution in [0.25, 0.3) is 10.6 Å². The maximum absolute atomic E-state index is 14.7. The molecule has 0 bridgehead atoms. The molecule has 4 rings (SSSR count). The van der Waals surface area contributed by atoms with Gasteiger partial charge in [-0.2, -0.15) is 11.8 Å². The molecule has 29 heavy (non-hydrogen) atoms. The number of rotatable bonds is 5. The number of thiazole rings is 1. The molecule has 1 fully saturated rings. The van der Waals surface area contributed by atoms with Crippen LogP contribution in [0.15, 0.2) is 47.8 Å². The largest absolute Gasteiger partial charge is 0.489 e. The van der Waals surface area contributed by atoms with E-state index in [-0.39, 0.29) is 5.91 Å². The molecule has 0 spiro atoms. The molecule has 0 atom stereocenters. The first-order valence-corrected chi connectivity index (χ1v) is 11.5. The summed E-state index contributed by atoms with van der Waals surface area (Å²) >= 11 is 8.98. The highest BCUT2D eigenvalue weighted by molar-refractivity contribution is 7.99. The van der Waals surface area contributed by atoms with Gasteiger partial charge in [0.15, 0.2) is 0 Å². The highest BCUT2D eigenvalue weighted by Gasteiger charge is 2.21. The minimum Gasteiger partial charge on any atom is -0.489 e. The molecular formula is C21H18ClFN2O2S2. The van der Waals surface area contributed by atoms with E-state index in [2.05, 4.69) is 4.98 Å². The summed E-state index contributed by atoms with van der Waals surface area (Å²) in [6, 6.07) is 12.0. The first kappa shape index (κ1) is 20.2. The number of aromatic nitrogens is 1. The zero-order chi connectivity index (χ0) is 20.2. The van der Waals surface area contributed by atoms with Crippen molar-refractivity contribution in [2.45, 2.75) is 6.61 Å². The first-order valence-electron chi connectivity index (χ1n) is 9.10. The molecule has 0 unspecified atom stereocenters. The van der Waals surface area contributed by atoms with Crippen molar-refractivity contribution >= 4 is 40.6 Å². The molecule has 1 saturated heterocycles. The van der Waals surface area contributed by atoms with Crippen LogP contribution in [0.4, 0.5) is 4.39 Å². The second-order valence-electron chi connectivity index (χ2n) is 6.50. The van der Waals surface area contributed by atoms with Gasteiger partial charge in [-0.15, -0.1) is 11.3 Å². The minimum absolute atomic E-state index is 0.0869. The lowest BCUT2D eigenvalue weighted by atomic mass is 10.2. The van der Waals surface area contributed by atoms with E-state index in [1.165, 1.54) is 17.4 Å². The monoisotopic (exact) mass is 448 g/mol. The van der Waals surface area contributed by atoms with Gasteiger partial charge in [-0.1, -0.05) is 23.7 Å². The van der Waals surface area contributed by atoms with E-state index in [0.717, 1.165) is 30.2 Å². The minimum atomic E-state index is -0.429. The number of carbonyl (C=O) groups is 1. The van der Waals surface area contributed by atoms with E-state index >= 15 is 0 Å². The molecule has 3 aromatic rings. The lowest BCUT2D eigenvalue weighted by molar-refractivity contribution is 0.0767. The molecule has 0 saturated carbocycles. The number of halogens is 2. The zero-order valence-corrected chi connectivity index (χ0v) is 17.8. The fourth-order valence-corrected chi connectivity index (χ4v) is 4.78. The maximum Gasteiger partial charge on any atom is 0.273 e. The third-order valence-corrected chi connectivity index (χ3v) is 6.58. The summed E-state index contributed by atoms with van der Waals surface area (Å²) in [6.07, 6.45) is 0. The van der Waals surface area contributed by atoms with E-state index < -0.39 is 5.82 Å². The molecule has 0 N–H and O–H groups in total. The summed E-state index contributed by atoms with van der Waals surface area (Å²) in [6.45, 7) is 1.77. The van der Waals surface area contributed by atoms with Crippen LogP contribution in [0.2, 0.25) is 5.02 Å². The Kier molecular flexibility index (Phi) is 6.37. The third kappa shape index (κ3) is 4.91. The molecule has 0 radical (unpaired) electrons. The van der Waals surface area contributed by atoms with Crippen LogP contribution in [-0.2, 0) is 6.61 Å². The Morgan fingerprint density at radius 1 is 1.17 bits per heavy atom. The van der Waals surface area contributed by atoms with Crippen molar-refractivity contribution in [3.63, 3.8) is 0 Å². The van der Waals surface area contributed by atoms with Crippen LogP contribution >= 0.6 is 34.7 Å². The van der Waals surface area contributed by atoms with Gasteiger partial charge in [0, 0.05) is 46.6 Å². The summed E-state index contributed by atoms with van der Waals surface area (Å²) in [5.74, 6) is 1.79. The Labute approximate surface area is 181 Å². The molecule has 0 aliphatic carbocycles. The van der Waals surface area contributed by atoms with Gasteiger partial charge in [-0.25, -0.2) is 9.37 Å². The fraction of sp³-hybridized carbons (Fsp3) is 0.238. The molecular weight excluding hydrogens is 431 g/mol. The summed E-state index contributed by atoms with van der Waals surface area (Å²) in [5.41, 5.74) is 1.68. The summed E-state index contributed by atoms with van der Waals surface area (Å²) in [7, 11) is 0. The number of hydrogen-bond donors (Lipinski definition) is 0. The standard InChI is InChI=1S/C21H18ClFN2O2S2/c22-15-3-1-14(2-4-15)12-27-16-5-6-17(18(23)11-16)20-24-19(13-29-20)21(26)25-7-9-28-10-8-25/h1-6,11,13H,7-10,12H2. The molecule has 150 valence electrons. The Hall–Kier alpha value is -2.09. The fourth-order valence-electron chi connectivity index (χ4n) is 2.93. The average molecular weight is 449 g/mol. The predicted octanol–water partition coefficient (Wildman–Crippen LogP) is 5.37. The topological polar surface area (TPSA) is 42.4 Å². The smallest absolute Gasteiger partial charge is 0.273 e. The van der Waals surface area contributed by atoms with Crippen LogP contribution in [0, 0.1) is 5.82 Å². The molecule has 1 aromatic heterocycles. The summed E-state index contributed by atoms with van der Waals surface area (Å²) in [5, 5.41) is 2.84. The van der Waals surface area contributed by atoms with Gasteiger partial charge in [-0.05, 0) is 29.8 Å². The van der Waals surface area contributed by atoms with Crippen molar-refractivity contribution in [3.05, 3.63) is 69.9 Å². The summed E-state index contributed by atoms with van der Waals surface area (Å²) < 4.78 is 20.3. The second kappa shape index (κ2) is 9.15. The van der Waals surface area contributed by atoms with E-state index in [4.69, 9.17) is 16.3 Å². The van der Waals surface area contributed by atoms with Crippen molar-refractivity contribution in [3.8, 4) is 16.3 Å². The quantitative estimate of drug-likeness (QED) is 0.526. The summed E-state index contributed by atoms with van der Waals surface area (Å²) in [4.78, 5) is 18.7. The lowest BCUT2D eigenvalue weighted by Crippen LogP contribution is -2.38. The highest BCUT2D eigenvalue weighted by Crippen LogP contribution is 2.30. The number of carbonyl (C=O) groups excluding carboxylic acids is 1. The van der Waals surface area contributed by atoms with Gasteiger partial charge < -0.3 is 9.64 Å². The number of thioether (sulfide) groups is 1. The first-order chi connectivity index (χ1) is 14.1. The van der Waals surface area contributed by atoms with E-state index in [9.17, 15) is 9.18 Å². The Morgan fingerprint density at radius 2 is 1.93 bits per heavy atom. The van der Waals surface area contributed by atoms with Crippen LogP contribution in [-0.4, -0.2) is 40.4 Å². The normalized spacial score (nSPS) is 14.1.